The zero-order chi connectivity index (χ0) is 13.3. The number of hydrogen-bond donors (Lipinski definition) is 1. The molecule has 1 fully saturated rings. The van der Waals surface area contributed by atoms with Gasteiger partial charge in [-0.05, 0) is 51.2 Å². The third-order valence-corrected chi connectivity index (χ3v) is 4.34. The molecule has 0 bridgehead atoms. The van der Waals surface area contributed by atoms with E-state index in [1.54, 1.807) is 0 Å². The first-order chi connectivity index (χ1) is 8.46. The van der Waals surface area contributed by atoms with Crippen LogP contribution >= 0.6 is 12.2 Å². The van der Waals surface area contributed by atoms with Crippen molar-refractivity contribution in [3.8, 4) is 0 Å². The molecule has 1 aromatic heterocycles. The minimum absolute atomic E-state index is 0.256. The molecule has 0 aromatic carbocycles. The largest absolute Gasteiger partial charge is 0.301 e. The lowest BCUT2D eigenvalue weighted by Crippen LogP contribution is -2.29. The van der Waals surface area contributed by atoms with E-state index >= 15 is 0 Å². The van der Waals surface area contributed by atoms with Gasteiger partial charge in [0, 0.05) is 11.5 Å². The van der Waals surface area contributed by atoms with E-state index in [1.807, 2.05) is 0 Å². The summed E-state index contributed by atoms with van der Waals surface area (Å²) >= 11 is 5.39. The van der Waals surface area contributed by atoms with Crippen molar-refractivity contribution in [2.75, 3.05) is 0 Å². The van der Waals surface area contributed by atoms with Crippen molar-refractivity contribution in [2.45, 2.75) is 71.3 Å². The van der Waals surface area contributed by atoms with E-state index in [0.29, 0.717) is 12.0 Å². The van der Waals surface area contributed by atoms with E-state index in [-0.39, 0.29) is 5.41 Å². The monoisotopic (exact) mass is 267 g/mol. The molecule has 18 heavy (non-hydrogen) atoms. The molecule has 0 unspecified atom stereocenters. The Balaban J connectivity index is 2.46. The van der Waals surface area contributed by atoms with Crippen LogP contribution in [0.1, 0.15) is 71.7 Å². The lowest BCUT2D eigenvalue weighted by Gasteiger charge is -2.31. The third kappa shape index (κ3) is 2.40. The number of nitrogens with one attached hydrogen (secondary N) is 1. The van der Waals surface area contributed by atoms with E-state index in [0.717, 1.165) is 4.77 Å². The summed E-state index contributed by atoms with van der Waals surface area (Å²) in [4.78, 5) is 0. The quantitative estimate of drug-likeness (QED) is 0.821. The molecule has 1 saturated carbocycles. The highest BCUT2D eigenvalue weighted by molar-refractivity contribution is 7.71. The molecule has 1 aliphatic carbocycles. The average molecular weight is 267 g/mol. The van der Waals surface area contributed by atoms with Crippen LogP contribution in [-0.2, 0) is 5.41 Å². The molecule has 1 N–H and O–H groups in total. The molecule has 102 valence electrons. The van der Waals surface area contributed by atoms with Gasteiger partial charge in [-0.2, -0.15) is 5.10 Å². The zero-order valence-corrected chi connectivity index (χ0v) is 12.8. The molecule has 0 radical (unpaired) electrons. The first-order valence-corrected chi connectivity index (χ1v) is 7.54. The van der Waals surface area contributed by atoms with Gasteiger partial charge < -0.3 is 4.57 Å². The topological polar surface area (TPSA) is 33.6 Å². The number of hydrogen-bond acceptors (Lipinski definition) is 2. The fourth-order valence-electron chi connectivity index (χ4n) is 3.51. The summed E-state index contributed by atoms with van der Waals surface area (Å²) < 4.78 is 3.00. The third-order valence-electron chi connectivity index (χ3n) is 4.05. The van der Waals surface area contributed by atoms with Gasteiger partial charge in [-0.1, -0.05) is 26.7 Å². The van der Waals surface area contributed by atoms with Gasteiger partial charge >= 0.3 is 0 Å². The molecule has 3 nitrogen and oxygen atoms in total. The van der Waals surface area contributed by atoms with Gasteiger partial charge in [-0.25, -0.2) is 0 Å². The summed E-state index contributed by atoms with van der Waals surface area (Å²) in [5.74, 6) is 1.91. The Morgan fingerprint density at radius 3 is 2.39 bits per heavy atom. The Morgan fingerprint density at radius 2 is 1.89 bits per heavy atom. The van der Waals surface area contributed by atoms with Gasteiger partial charge in [-0.15, -0.1) is 0 Å². The number of aromatic nitrogens is 3. The maximum atomic E-state index is 5.39. The SMILES string of the molecule is CC(C)CC1(c2n[nH]c(=S)n2C(C)C)CCCC1. The summed E-state index contributed by atoms with van der Waals surface area (Å²) in [6.07, 6.45) is 6.39. The molecule has 1 aliphatic rings. The van der Waals surface area contributed by atoms with Gasteiger partial charge in [0.25, 0.3) is 0 Å². The molecule has 1 aromatic rings. The highest BCUT2D eigenvalue weighted by Gasteiger charge is 2.40. The van der Waals surface area contributed by atoms with Gasteiger partial charge in [-0.3, -0.25) is 5.10 Å². The predicted octanol–water partition coefficient (Wildman–Crippen LogP) is 4.38. The predicted molar refractivity (Wildman–Crippen MR) is 77.4 cm³/mol. The van der Waals surface area contributed by atoms with Crippen molar-refractivity contribution in [1.82, 2.24) is 14.8 Å². The van der Waals surface area contributed by atoms with Crippen molar-refractivity contribution in [2.24, 2.45) is 5.92 Å². The van der Waals surface area contributed by atoms with Crippen LogP contribution in [0, 0.1) is 10.7 Å². The maximum Gasteiger partial charge on any atom is 0.195 e. The van der Waals surface area contributed by atoms with Gasteiger partial charge in [0.05, 0.1) is 0 Å². The van der Waals surface area contributed by atoms with E-state index in [9.17, 15) is 0 Å². The second kappa shape index (κ2) is 5.16. The molecule has 1 heterocycles. The molecule has 2 rings (SSSR count). The molecule has 0 atom stereocenters. The molecule has 0 amide bonds. The van der Waals surface area contributed by atoms with Crippen LogP contribution in [0.2, 0.25) is 0 Å². The minimum Gasteiger partial charge on any atom is -0.301 e. The van der Waals surface area contributed by atoms with Crippen molar-refractivity contribution < 1.29 is 0 Å². The fourth-order valence-corrected chi connectivity index (χ4v) is 3.85. The molecule has 0 aliphatic heterocycles. The number of aromatic amines is 1. The zero-order valence-electron chi connectivity index (χ0n) is 12.0. The summed E-state index contributed by atoms with van der Waals surface area (Å²) in [6, 6.07) is 0.385. The smallest absolute Gasteiger partial charge is 0.195 e. The Bertz CT molecular complexity index is 450. The standard InChI is InChI=1S/C14H25N3S/c1-10(2)9-14(7-5-6-8-14)12-15-16-13(18)17(12)11(3)4/h10-11H,5-9H2,1-4H3,(H,16,18). The van der Waals surface area contributed by atoms with Crippen LogP contribution < -0.4 is 0 Å². The summed E-state index contributed by atoms with van der Waals surface area (Å²) in [5.41, 5.74) is 0.256. The van der Waals surface area contributed by atoms with Crippen LogP contribution in [0.4, 0.5) is 0 Å². The highest BCUT2D eigenvalue weighted by atomic mass is 32.1. The van der Waals surface area contributed by atoms with Crippen LogP contribution in [0.25, 0.3) is 0 Å². The summed E-state index contributed by atoms with van der Waals surface area (Å²) in [7, 11) is 0. The lowest BCUT2D eigenvalue weighted by atomic mass is 9.77. The Labute approximate surface area is 115 Å². The average Bonchev–Trinajstić information content (AvgIpc) is 2.84. The van der Waals surface area contributed by atoms with Gasteiger partial charge in [0.2, 0.25) is 0 Å². The number of nitrogens with zero attached hydrogens (tertiary/aromatic N) is 2. The van der Waals surface area contributed by atoms with Gasteiger partial charge in [0.15, 0.2) is 4.77 Å². The van der Waals surface area contributed by atoms with Crippen LogP contribution in [0.3, 0.4) is 0 Å². The summed E-state index contributed by atoms with van der Waals surface area (Å²) in [6.45, 7) is 8.99. The van der Waals surface area contributed by atoms with Gasteiger partial charge in [0.1, 0.15) is 5.82 Å². The van der Waals surface area contributed by atoms with E-state index in [2.05, 4.69) is 42.5 Å². The second-order valence-electron chi connectivity index (χ2n) is 6.40. The summed E-state index contributed by atoms with van der Waals surface area (Å²) in [5, 5.41) is 7.60. The first kappa shape index (κ1) is 13.8. The van der Waals surface area contributed by atoms with E-state index in [4.69, 9.17) is 12.2 Å². The van der Waals surface area contributed by atoms with Crippen LogP contribution in [-0.4, -0.2) is 14.8 Å². The van der Waals surface area contributed by atoms with Crippen molar-refractivity contribution in [1.29, 1.82) is 0 Å². The Hall–Kier alpha value is -0.640. The van der Waals surface area contributed by atoms with Crippen LogP contribution in [0.5, 0.6) is 0 Å². The first-order valence-electron chi connectivity index (χ1n) is 7.14. The molecule has 0 spiro atoms. The minimum atomic E-state index is 0.256. The van der Waals surface area contributed by atoms with E-state index in [1.165, 1.54) is 37.9 Å². The molecular formula is C14H25N3S. The van der Waals surface area contributed by atoms with Crippen LogP contribution in [0.15, 0.2) is 0 Å². The van der Waals surface area contributed by atoms with E-state index < -0.39 is 0 Å². The highest BCUT2D eigenvalue weighted by Crippen LogP contribution is 2.45. The van der Waals surface area contributed by atoms with Crippen molar-refractivity contribution in [3.05, 3.63) is 10.6 Å². The fraction of sp³-hybridized carbons (Fsp3) is 0.857. The normalized spacial score (nSPS) is 19.0. The molecule has 4 heteroatoms. The molecular weight excluding hydrogens is 242 g/mol. The Morgan fingerprint density at radius 1 is 1.28 bits per heavy atom. The Kier molecular flexibility index (Phi) is 3.95. The number of H-pyrrole nitrogens is 1. The molecule has 0 saturated heterocycles. The second-order valence-corrected chi connectivity index (χ2v) is 6.79. The lowest BCUT2D eigenvalue weighted by molar-refractivity contribution is 0.310. The van der Waals surface area contributed by atoms with Crippen molar-refractivity contribution in [3.63, 3.8) is 0 Å². The number of rotatable bonds is 4. The van der Waals surface area contributed by atoms with Crippen molar-refractivity contribution >= 4 is 12.2 Å². The maximum absolute atomic E-state index is 5.39.